The Bertz CT molecular complexity index is 326. The van der Waals surface area contributed by atoms with Gasteiger partial charge in [-0.15, -0.1) is 0 Å². The van der Waals surface area contributed by atoms with Crippen molar-refractivity contribution in [1.82, 2.24) is 5.32 Å². The highest BCUT2D eigenvalue weighted by Gasteiger charge is 2.05. The summed E-state index contributed by atoms with van der Waals surface area (Å²) in [4.78, 5) is 0. The van der Waals surface area contributed by atoms with Gasteiger partial charge in [0.2, 0.25) is 0 Å². The number of aromatic hydroxyl groups is 1. The zero-order chi connectivity index (χ0) is 11.3. The molecule has 0 saturated carbocycles. The van der Waals surface area contributed by atoms with E-state index in [4.69, 9.17) is 0 Å². The number of halogens is 1. The van der Waals surface area contributed by atoms with Crippen LogP contribution in [0.15, 0.2) is 16.6 Å². The lowest BCUT2D eigenvalue weighted by Gasteiger charge is -2.09. The highest BCUT2D eigenvalue weighted by atomic mass is 79.9. The molecule has 0 spiro atoms. The third kappa shape index (κ3) is 3.84. The van der Waals surface area contributed by atoms with Crippen molar-refractivity contribution >= 4 is 15.9 Å². The topological polar surface area (TPSA) is 32.3 Å². The van der Waals surface area contributed by atoms with Gasteiger partial charge in [-0.05, 0) is 47.4 Å². The fraction of sp³-hybridized carbons (Fsp3) is 0.500. The minimum atomic E-state index is 0.351. The summed E-state index contributed by atoms with van der Waals surface area (Å²) in [5.74, 6) is 0.351. The van der Waals surface area contributed by atoms with Crippen LogP contribution in [-0.4, -0.2) is 11.7 Å². The molecule has 84 valence electrons. The van der Waals surface area contributed by atoms with Gasteiger partial charge >= 0.3 is 0 Å². The first-order valence-corrected chi connectivity index (χ1v) is 6.13. The number of hydrogen-bond donors (Lipinski definition) is 2. The summed E-state index contributed by atoms with van der Waals surface area (Å²) in [6, 6.07) is 3.93. The molecule has 0 saturated heterocycles. The number of nitrogens with one attached hydrogen (secondary N) is 1. The van der Waals surface area contributed by atoms with Crippen LogP contribution >= 0.6 is 15.9 Å². The van der Waals surface area contributed by atoms with Crippen LogP contribution in [0, 0.1) is 6.92 Å². The van der Waals surface area contributed by atoms with E-state index in [-0.39, 0.29) is 0 Å². The van der Waals surface area contributed by atoms with Gasteiger partial charge in [0.1, 0.15) is 5.75 Å². The summed E-state index contributed by atoms with van der Waals surface area (Å²) < 4.78 is 0.773. The van der Waals surface area contributed by atoms with E-state index in [2.05, 4.69) is 28.2 Å². The van der Waals surface area contributed by atoms with Gasteiger partial charge in [0.25, 0.3) is 0 Å². The maximum atomic E-state index is 9.79. The van der Waals surface area contributed by atoms with Crippen LogP contribution in [0.25, 0.3) is 0 Å². The summed E-state index contributed by atoms with van der Waals surface area (Å²) in [5.41, 5.74) is 2.12. The molecule has 0 radical (unpaired) electrons. The van der Waals surface area contributed by atoms with Gasteiger partial charge in [0.15, 0.2) is 0 Å². The SMILES string of the molecule is CCCCNCc1cc(C)cc(Br)c1O. The second-order valence-electron chi connectivity index (χ2n) is 3.78. The van der Waals surface area contributed by atoms with Crippen molar-refractivity contribution in [2.75, 3.05) is 6.54 Å². The van der Waals surface area contributed by atoms with E-state index in [9.17, 15) is 5.11 Å². The summed E-state index contributed by atoms with van der Waals surface area (Å²) in [5, 5.41) is 13.1. The van der Waals surface area contributed by atoms with Crippen LogP contribution in [0.1, 0.15) is 30.9 Å². The molecule has 0 aliphatic heterocycles. The minimum Gasteiger partial charge on any atom is -0.506 e. The van der Waals surface area contributed by atoms with E-state index < -0.39 is 0 Å². The van der Waals surface area contributed by atoms with Crippen molar-refractivity contribution in [2.24, 2.45) is 0 Å². The number of unbranched alkanes of at least 4 members (excludes halogenated alkanes) is 1. The van der Waals surface area contributed by atoms with Gasteiger partial charge in [-0.25, -0.2) is 0 Å². The Labute approximate surface area is 99.8 Å². The molecule has 0 fully saturated rings. The van der Waals surface area contributed by atoms with E-state index >= 15 is 0 Å². The zero-order valence-corrected chi connectivity index (χ0v) is 10.9. The molecular formula is C12H18BrNO. The van der Waals surface area contributed by atoms with Crippen molar-refractivity contribution in [1.29, 1.82) is 0 Å². The van der Waals surface area contributed by atoms with Crippen molar-refractivity contribution in [3.8, 4) is 5.75 Å². The molecule has 0 heterocycles. The average molecular weight is 272 g/mol. The van der Waals surface area contributed by atoms with E-state index in [1.807, 2.05) is 19.1 Å². The van der Waals surface area contributed by atoms with Gasteiger partial charge < -0.3 is 10.4 Å². The van der Waals surface area contributed by atoms with Crippen LogP contribution < -0.4 is 5.32 Å². The van der Waals surface area contributed by atoms with Gasteiger partial charge in [-0.1, -0.05) is 19.4 Å². The third-order valence-corrected chi connectivity index (χ3v) is 2.91. The summed E-state index contributed by atoms with van der Waals surface area (Å²) >= 11 is 3.34. The highest BCUT2D eigenvalue weighted by Crippen LogP contribution is 2.29. The molecular weight excluding hydrogens is 254 g/mol. The molecule has 1 aromatic rings. The molecule has 0 atom stereocenters. The summed E-state index contributed by atoms with van der Waals surface area (Å²) in [7, 11) is 0. The monoisotopic (exact) mass is 271 g/mol. The van der Waals surface area contributed by atoms with E-state index in [1.54, 1.807) is 0 Å². The predicted molar refractivity (Wildman–Crippen MR) is 67.2 cm³/mol. The second kappa shape index (κ2) is 6.13. The van der Waals surface area contributed by atoms with Crippen molar-refractivity contribution in [2.45, 2.75) is 33.2 Å². The molecule has 0 unspecified atom stereocenters. The predicted octanol–water partition coefficient (Wildman–Crippen LogP) is 3.35. The van der Waals surface area contributed by atoms with Crippen LogP contribution in [0.2, 0.25) is 0 Å². The first-order valence-electron chi connectivity index (χ1n) is 5.34. The van der Waals surface area contributed by atoms with Crippen LogP contribution in [0.4, 0.5) is 0 Å². The Kier molecular flexibility index (Phi) is 5.12. The summed E-state index contributed by atoms with van der Waals surface area (Å²) in [6.45, 7) is 5.93. The first kappa shape index (κ1) is 12.5. The minimum absolute atomic E-state index is 0.351. The molecule has 0 aliphatic rings. The molecule has 0 aliphatic carbocycles. The molecule has 15 heavy (non-hydrogen) atoms. The fourth-order valence-corrected chi connectivity index (χ4v) is 2.08. The molecule has 2 N–H and O–H groups in total. The first-order chi connectivity index (χ1) is 7.15. The number of hydrogen-bond acceptors (Lipinski definition) is 2. The standard InChI is InChI=1S/C12H18BrNO/c1-3-4-5-14-8-10-6-9(2)7-11(13)12(10)15/h6-7,14-15H,3-5,8H2,1-2H3. The van der Waals surface area contributed by atoms with Crippen molar-refractivity contribution in [3.63, 3.8) is 0 Å². The quantitative estimate of drug-likeness (QED) is 0.806. The van der Waals surface area contributed by atoms with E-state index in [1.165, 1.54) is 12.8 Å². The summed E-state index contributed by atoms with van der Waals surface area (Å²) in [6.07, 6.45) is 2.37. The number of aryl methyl sites for hydroxylation is 1. The number of phenols is 1. The highest BCUT2D eigenvalue weighted by molar-refractivity contribution is 9.10. The molecule has 0 bridgehead atoms. The Morgan fingerprint density at radius 2 is 2.13 bits per heavy atom. The molecule has 1 rings (SSSR count). The number of phenolic OH excluding ortho intramolecular Hbond substituents is 1. The lowest BCUT2D eigenvalue weighted by atomic mass is 10.1. The molecule has 2 nitrogen and oxygen atoms in total. The second-order valence-corrected chi connectivity index (χ2v) is 4.64. The third-order valence-electron chi connectivity index (χ3n) is 2.31. The molecule has 3 heteroatoms. The largest absolute Gasteiger partial charge is 0.506 e. The van der Waals surface area contributed by atoms with Crippen molar-refractivity contribution < 1.29 is 5.11 Å². The maximum absolute atomic E-state index is 9.79. The Morgan fingerprint density at radius 3 is 2.80 bits per heavy atom. The van der Waals surface area contributed by atoms with Crippen LogP contribution in [0.3, 0.4) is 0 Å². The molecule has 0 aromatic heterocycles. The fourth-order valence-electron chi connectivity index (χ4n) is 1.47. The maximum Gasteiger partial charge on any atom is 0.134 e. The Balaban J connectivity index is 2.60. The van der Waals surface area contributed by atoms with Gasteiger partial charge in [-0.2, -0.15) is 0 Å². The zero-order valence-electron chi connectivity index (χ0n) is 9.31. The molecule has 0 amide bonds. The normalized spacial score (nSPS) is 10.6. The van der Waals surface area contributed by atoms with Crippen LogP contribution in [0.5, 0.6) is 5.75 Å². The Morgan fingerprint density at radius 1 is 1.40 bits per heavy atom. The molecule has 1 aromatic carbocycles. The van der Waals surface area contributed by atoms with Crippen molar-refractivity contribution in [3.05, 3.63) is 27.7 Å². The van der Waals surface area contributed by atoms with Crippen LogP contribution in [-0.2, 0) is 6.54 Å². The Hall–Kier alpha value is -0.540. The number of rotatable bonds is 5. The van der Waals surface area contributed by atoms with E-state index in [0.29, 0.717) is 5.75 Å². The smallest absolute Gasteiger partial charge is 0.134 e. The lowest BCUT2D eigenvalue weighted by Crippen LogP contribution is -2.14. The average Bonchev–Trinajstić information content (AvgIpc) is 2.19. The number of benzene rings is 1. The van der Waals surface area contributed by atoms with Gasteiger partial charge in [0.05, 0.1) is 4.47 Å². The van der Waals surface area contributed by atoms with E-state index in [0.717, 1.165) is 28.7 Å². The van der Waals surface area contributed by atoms with Gasteiger partial charge in [-0.3, -0.25) is 0 Å². The lowest BCUT2D eigenvalue weighted by molar-refractivity contribution is 0.460. The van der Waals surface area contributed by atoms with Gasteiger partial charge in [0, 0.05) is 12.1 Å².